The van der Waals surface area contributed by atoms with Gasteiger partial charge < -0.3 is 4.74 Å². The van der Waals surface area contributed by atoms with Crippen LogP contribution in [0.15, 0.2) is 109 Å². The van der Waals surface area contributed by atoms with Gasteiger partial charge in [-0.1, -0.05) is 105 Å². The van der Waals surface area contributed by atoms with E-state index in [0.717, 1.165) is 35.4 Å². The molecule has 0 N–H and O–H groups in total. The summed E-state index contributed by atoms with van der Waals surface area (Å²) in [4.78, 5) is 4.40. The van der Waals surface area contributed by atoms with Crippen LogP contribution in [0.1, 0.15) is 55.9 Å². The van der Waals surface area contributed by atoms with Gasteiger partial charge in [0.15, 0.2) is 0 Å². The SMILES string of the molecule is C/C=C\C.C=Cc1ccc(COc2ccc(C=NCCCC)cc2)cc1.C=Cc1ccccc1. The van der Waals surface area contributed by atoms with Gasteiger partial charge in [0.05, 0.1) is 0 Å². The lowest BCUT2D eigenvalue weighted by Crippen LogP contribution is -1.95. The van der Waals surface area contributed by atoms with E-state index in [1.807, 2.05) is 111 Å². The fourth-order valence-electron chi connectivity index (χ4n) is 2.58. The lowest BCUT2D eigenvalue weighted by Gasteiger charge is -2.07. The number of hydrogen-bond acceptors (Lipinski definition) is 2. The zero-order valence-electron chi connectivity index (χ0n) is 21.0. The molecule has 0 saturated heterocycles. The Labute approximate surface area is 207 Å². The largest absolute Gasteiger partial charge is 0.489 e. The molecule has 34 heavy (non-hydrogen) atoms. The van der Waals surface area contributed by atoms with Gasteiger partial charge in [-0.15, -0.1) is 0 Å². The van der Waals surface area contributed by atoms with Crippen LogP contribution in [0.5, 0.6) is 5.75 Å². The zero-order chi connectivity index (χ0) is 24.9. The lowest BCUT2D eigenvalue weighted by atomic mass is 10.1. The first kappa shape index (κ1) is 28.4. The van der Waals surface area contributed by atoms with Crippen LogP contribution in [0, 0.1) is 0 Å². The smallest absolute Gasteiger partial charge is 0.119 e. The average molecular weight is 454 g/mol. The highest BCUT2D eigenvalue weighted by Crippen LogP contribution is 2.14. The first-order valence-corrected chi connectivity index (χ1v) is 11.9. The van der Waals surface area contributed by atoms with Crippen LogP contribution < -0.4 is 4.74 Å². The van der Waals surface area contributed by atoms with E-state index >= 15 is 0 Å². The van der Waals surface area contributed by atoms with Crippen molar-refractivity contribution in [3.05, 3.63) is 126 Å². The van der Waals surface area contributed by atoms with Crippen LogP contribution in [0.4, 0.5) is 0 Å². The molecule has 0 amide bonds. The van der Waals surface area contributed by atoms with Crippen LogP contribution >= 0.6 is 0 Å². The molecule has 3 rings (SSSR count). The molecule has 0 spiro atoms. The van der Waals surface area contributed by atoms with E-state index < -0.39 is 0 Å². The fourth-order valence-corrected chi connectivity index (χ4v) is 2.58. The molecule has 0 aromatic heterocycles. The highest BCUT2D eigenvalue weighted by atomic mass is 16.5. The molecule has 0 aliphatic carbocycles. The summed E-state index contributed by atoms with van der Waals surface area (Å²) in [7, 11) is 0. The van der Waals surface area contributed by atoms with Gasteiger partial charge in [0.2, 0.25) is 0 Å². The van der Waals surface area contributed by atoms with Gasteiger partial charge >= 0.3 is 0 Å². The van der Waals surface area contributed by atoms with Gasteiger partial charge in [0, 0.05) is 12.8 Å². The summed E-state index contributed by atoms with van der Waals surface area (Å²) in [6.45, 7) is 15.0. The van der Waals surface area contributed by atoms with Gasteiger partial charge in [-0.2, -0.15) is 0 Å². The predicted octanol–water partition coefficient (Wildman–Crippen LogP) is 9.04. The Balaban J connectivity index is 0.000000395. The number of hydrogen-bond donors (Lipinski definition) is 0. The maximum atomic E-state index is 5.79. The summed E-state index contributed by atoms with van der Waals surface area (Å²) in [5.74, 6) is 0.874. The third-order valence-electron chi connectivity index (χ3n) is 4.75. The monoisotopic (exact) mass is 453 g/mol. The fraction of sp³-hybridized carbons (Fsp3) is 0.219. The van der Waals surface area contributed by atoms with Crippen molar-refractivity contribution < 1.29 is 4.74 Å². The second kappa shape index (κ2) is 18.9. The molecule has 2 nitrogen and oxygen atoms in total. The number of rotatable bonds is 9. The predicted molar refractivity (Wildman–Crippen MR) is 152 cm³/mol. The van der Waals surface area contributed by atoms with Crippen molar-refractivity contribution in [1.82, 2.24) is 0 Å². The molecule has 0 unspecified atom stereocenters. The summed E-state index contributed by atoms with van der Waals surface area (Å²) in [6, 6.07) is 26.3. The Kier molecular flexibility index (Phi) is 15.8. The van der Waals surface area contributed by atoms with Crippen molar-refractivity contribution in [2.24, 2.45) is 4.99 Å². The number of unbranched alkanes of at least 4 members (excludes halogenated alkanes) is 1. The maximum absolute atomic E-state index is 5.79. The third kappa shape index (κ3) is 13.0. The molecule has 0 radical (unpaired) electrons. The number of aliphatic imine (C=N–C) groups is 1. The van der Waals surface area contributed by atoms with Crippen LogP contribution in [-0.2, 0) is 6.61 Å². The van der Waals surface area contributed by atoms with E-state index in [0.29, 0.717) is 6.61 Å². The highest BCUT2D eigenvalue weighted by molar-refractivity contribution is 5.79. The summed E-state index contributed by atoms with van der Waals surface area (Å²) in [5.41, 5.74) is 4.55. The van der Waals surface area contributed by atoms with Crippen LogP contribution in [0.2, 0.25) is 0 Å². The Morgan fingerprint density at radius 3 is 1.79 bits per heavy atom. The quantitative estimate of drug-likeness (QED) is 0.180. The first-order chi connectivity index (χ1) is 16.7. The van der Waals surface area contributed by atoms with E-state index in [2.05, 4.69) is 37.2 Å². The minimum atomic E-state index is 0.571. The lowest BCUT2D eigenvalue weighted by molar-refractivity contribution is 0.306. The molecule has 0 atom stereocenters. The van der Waals surface area contributed by atoms with Crippen molar-refractivity contribution in [3.8, 4) is 5.75 Å². The van der Waals surface area contributed by atoms with Gasteiger partial charge in [0.25, 0.3) is 0 Å². The average Bonchev–Trinajstić information content (AvgIpc) is 2.92. The standard InChI is InChI=1S/C20H23NO.C8H8.C4H8/c1-3-5-14-21-15-18-10-12-20(13-11-18)22-16-19-8-6-17(4-2)7-9-19;1-2-8-6-4-3-5-7-8;1-3-4-2/h4,6-13,15H,2-3,5,14,16H2,1H3;2-7H,1H2;3-4H,1-2H3/b;;4-3-. The number of benzene rings is 3. The molecule has 178 valence electrons. The summed E-state index contributed by atoms with van der Waals surface area (Å²) in [5, 5.41) is 0. The Morgan fingerprint density at radius 2 is 1.29 bits per heavy atom. The normalized spacial score (nSPS) is 10.1. The number of allylic oxidation sites excluding steroid dienone is 2. The van der Waals surface area contributed by atoms with Crippen LogP contribution in [0.3, 0.4) is 0 Å². The number of ether oxygens (including phenoxy) is 1. The highest BCUT2D eigenvalue weighted by Gasteiger charge is 1.97. The van der Waals surface area contributed by atoms with Crippen molar-refractivity contribution in [2.45, 2.75) is 40.2 Å². The minimum absolute atomic E-state index is 0.571. The Morgan fingerprint density at radius 1 is 0.735 bits per heavy atom. The topological polar surface area (TPSA) is 21.6 Å². The zero-order valence-corrected chi connectivity index (χ0v) is 21.0. The summed E-state index contributed by atoms with van der Waals surface area (Å²) >= 11 is 0. The Hall–Kier alpha value is -3.65. The molecule has 0 aliphatic rings. The van der Waals surface area contributed by atoms with Gasteiger partial charge in [-0.05, 0) is 66.8 Å². The van der Waals surface area contributed by atoms with Crippen LogP contribution in [0.25, 0.3) is 12.2 Å². The van der Waals surface area contributed by atoms with E-state index in [9.17, 15) is 0 Å². The van der Waals surface area contributed by atoms with E-state index in [-0.39, 0.29) is 0 Å². The summed E-state index contributed by atoms with van der Waals surface area (Å²) < 4.78 is 5.79. The van der Waals surface area contributed by atoms with E-state index in [1.165, 1.54) is 12.0 Å². The van der Waals surface area contributed by atoms with Crippen molar-refractivity contribution >= 4 is 18.4 Å². The summed E-state index contributed by atoms with van der Waals surface area (Å²) in [6.07, 6.45) is 11.9. The Bertz CT molecular complexity index is 964. The number of nitrogens with zero attached hydrogens (tertiary/aromatic N) is 1. The van der Waals surface area contributed by atoms with Crippen molar-refractivity contribution in [3.63, 3.8) is 0 Å². The second-order valence-corrected chi connectivity index (χ2v) is 7.47. The van der Waals surface area contributed by atoms with Gasteiger partial charge in [0.1, 0.15) is 12.4 Å². The minimum Gasteiger partial charge on any atom is -0.489 e. The van der Waals surface area contributed by atoms with E-state index in [4.69, 9.17) is 4.74 Å². The molecule has 3 aromatic carbocycles. The molecule has 0 aliphatic heterocycles. The van der Waals surface area contributed by atoms with Gasteiger partial charge in [-0.25, -0.2) is 0 Å². The molecule has 0 bridgehead atoms. The van der Waals surface area contributed by atoms with E-state index in [1.54, 1.807) is 0 Å². The molecule has 3 aromatic rings. The molecular formula is C32H39NO. The third-order valence-corrected chi connectivity index (χ3v) is 4.75. The van der Waals surface area contributed by atoms with Crippen molar-refractivity contribution in [2.75, 3.05) is 6.54 Å². The first-order valence-electron chi connectivity index (χ1n) is 11.9. The molecule has 0 heterocycles. The molecule has 0 fully saturated rings. The van der Waals surface area contributed by atoms with Gasteiger partial charge in [-0.3, -0.25) is 4.99 Å². The molecular weight excluding hydrogens is 414 g/mol. The maximum Gasteiger partial charge on any atom is 0.119 e. The molecule has 2 heteroatoms. The second-order valence-electron chi connectivity index (χ2n) is 7.47. The van der Waals surface area contributed by atoms with Crippen LogP contribution in [-0.4, -0.2) is 12.8 Å². The van der Waals surface area contributed by atoms with Crippen molar-refractivity contribution in [1.29, 1.82) is 0 Å². The molecule has 0 saturated carbocycles.